The molecule has 0 spiro atoms. The van der Waals surface area contributed by atoms with Crippen LogP contribution in [0.3, 0.4) is 0 Å². The Labute approximate surface area is 155 Å². The molecule has 2 rings (SSSR count). The van der Waals surface area contributed by atoms with Crippen molar-refractivity contribution in [1.82, 2.24) is 4.90 Å². The Balaban J connectivity index is 2.07. The first-order valence-corrected chi connectivity index (χ1v) is 9.09. The van der Waals surface area contributed by atoms with Crippen LogP contribution >= 0.6 is 0 Å². The van der Waals surface area contributed by atoms with Crippen molar-refractivity contribution in [2.45, 2.75) is 57.7 Å². The number of hydrogen-bond acceptors (Lipinski definition) is 3. The molecule has 150 valence electrons. The summed E-state index contributed by atoms with van der Waals surface area (Å²) < 4.78 is 57.3. The van der Waals surface area contributed by atoms with Crippen LogP contribution in [0.25, 0.3) is 0 Å². The quantitative estimate of drug-likeness (QED) is 0.390. The van der Waals surface area contributed by atoms with E-state index in [9.17, 15) is 27.2 Å². The molecule has 1 aromatic rings. The Morgan fingerprint density at radius 2 is 1.93 bits per heavy atom. The summed E-state index contributed by atoms with van der Waals surface area (Å²) in [7, 11) is 0. The van der Waals surface area contributed by atoms with E-state index >= 15 is 0 Å². The molecule has 1 amide bonds. The molecule has 0 radical (unpaired) electrons. The molecular formula is C19H23F4NO3. The van der Waals surface area contributed by atoms with E-state index in [-0.39, 0.29) is 13.2 Å². The summed E-state index contributed by atoms with van der Waals surface area (Å²) in [6.45, 7) is 2.52. The fraction of sp³-hybridized carbons (Fsp3) is 0.579. The Kier molecular flexibility index (Phi) is 7.21. The van der Waals surface area contributed by atoms with Crippen LogP contribution in [0.5, 0.6) is 0 Å². The number of ether oxygens (including phenoxy) is 1. The first-order chi connectivity index (χ1) is 12.7. The van der Waals surface area contributed by atoms with Gasteiger partial charge in [-0.05, 0) is 37.5 Å². The van der Waals surface area contributed by atoms with Crippen molar-refractivity contribution in [3.05, 3.63) is 35.1 Å². The highest BCUT2D eigenvalue weighted by Crippen LogP contribution is 2.31. The second-order valence-corrected chi connectivity index (χ2v) is 6.61. The van der Waals surface area contributed by atoms with Crippen LogP contribution < -0.4 is 0 Å². The van der Waals surface area contributed by atoms with Crippen LogP contribution in [0, 0.1) is 5.82 Å². The molecule has 0 aromatic heterocycles. The van der Waals surface area contributed by atoms with Crippen LogP contribution in [0.1, 0.15) is 61.4 Å². The average Bonchev–Trinajstić information content (AvgIpc) is 3.09. The fourth-order valence-corrected chi connectivity index (χ4v) is 3.10. The number of rotatable bonds is 7. The topological polar surface area (TPSA) is 46.6 Å². The molecule has 0 bridgehead atoms. The summed E-state index contributed by atoms with van der Waals surface area (Å²) in [4.78, 5) is 26.0. The maximum atomic E-state index is 13.6. The van der Waals surface area contributed by atoms with Crippen molar-refractivity contribution < 1.29 is 31.9 Å². The molecule has 8 heteroatoms. The molecule has 0 saturated carbocycles. The van der Waals surface area contributed by atoms with E-state index in [0.29, 0.717) is 25.0 Å². The predicted molar refractivity (Wildman–Crippen MR) is 90.6 cm³/mol. The van der Waals surface area contributed by atoms with E-state index in [1.807, 2.05) is 0 Å². The lowest BCUT2D eigenvalue weighted by atomic mass is 10.1. The third kappa shape index (κ3) is 5.68. The molecule has 1 atom stereocenters. The molecule has 0 N–H and O–H groups in total. The first-order valence-electron chi connectivity index (χ1n) is 9.09. The lowest BCUT2D eigenvalue weighted by Gasteiger charge is -2.23. The monoisotopic (exact) mass is 389 g/mol. The van der Waals surface area contributed by atoms with Crippen LogP contribution in [0.4, 0.5) is 17.6 Å². The summed E-state index contributed by atoms with van der Waals surface area (Å²) in [5.74, 6) is -2.52. The van der Waals surface area contributed by atoms with E-state index in [1.165, 1.54) is 4.90 Å². The molecule has 1 heterocycles. The largest absolute Gasteiger partial charge is 0.464 e. The minimum atomic E-state index is -4.76. The highest BCUT2D eigenvalue weighted by atomic mass is 19.4. The number of carbonyl (C=O) groups excluding carboxylic acids is 2. The Morgan fingerprint density at radius 1 is 1.19 bits per heavy atom. The van der Waals surface area contributed by atoms with Gasteiger partial charge in [-0.3, -0.25) is 4.79 Å². The number of nitrogens with zero attached hydrogens (tertiary/aromatic N) is 1. The lowest BCUT2D eigenvalue weighted by molar-refractivity contribution is -0.148. The van der Waals surface area contributed by atoms with Crippen molar-refractivity contribution in [3.8, 4) is 0 Å². The second kappa shape index (κ2) is 9.19. The number of carbonyl (C=O) groups is 2. The van der Waals surface area contributed by atoms with Gasteiger partial charge in [0.15, 0.2) is 0 Å². The van der Waals surface area contributed by atoms with Crippen molar-refractivity contribution in [1.29, 1.82) is 0 Å². The Morgan fingerprint density at radius 3 is 2.59 bits per heavy atom. The zero-order chi connectivity index (χ0) is 20.0. The van der Waals surface area contributed by atoms with E-state index in [1.54, 1.807) is 0 Å². The Hall–Kier alpha value is -2.12. The number of halogens is 4. The molecule has 1 aliphatic heterocycles. The normalized spacial score (nSPS) is 17.2. The number of hydrogen-bond donors (Lipinski definition) is 0. The molecule has 1 aromatic carbocycles. The van der Waals surface area contributed by atoms with Gasteiger partial charge in [-0.25, -0.2) is 9.18 Å². The van der Waals surface area contributed by atoms with Crippen molar-refractivity contribution in [2.75, 3.05) is 13.2 Å². The second-order valence-electron chi connectivity index (χ2n) is 6.61. The smallest absolute Gasteiger partial charge is 0.416 e. The lowest BCUT2D eigenvalue weighted by Crippen LogP contribution is -2.41. The standard InChI is InChI=1S/C19H23F4NO3/c1-2-3-4-5-9-27-18(26)16-7-6-8-24(16)17(25)13-10-14(19(21,22)23)12-15(20)11-13/h10-12,16H,2-9H2,1H3. The number of alkyl halides is 3. The Bertz CT molecular complexity index is 675. The van der Waals surface area contributed by atoms with E-state index < -0.39 is 41.0 Å². The van der Waals surface area contributed by atoms with Gasteiger partial charge in [0.1, 0.15) is 11.9 Å². The van der Waals surface area contributed by atoms with Crippen molar-refractivity contribution in [2.24, 2.45) is 0 Å². The number of amides is 1. The van der Waals surface area contributed by atoms with Crippen molar-refractivity contribution >= 4 is 11.9 Å². The van der Waals surface area contributed by atoms with Gasteiger partial charge in [0.25, 0.3) is 5.91 Å². The summed E-state index contributed by atoms with van der Waals surface area (Å²) in [5, 5.41) is 0. The molecule has 1 saturated heterocycles. The number of likely N-dealkylation sites (tertiary alicyclic amines) is 1. The molecule has 1 aliphatic rings. The van der Waals surface area contributed by atoms with Gasteiger partial charge in [0, 0.05) is 12.1 Å². The van der Waals surface area contributed by atoms with Gasteiger partial charge in [-0.15, -0.1) is 0 Å². The van der Waals surface area contributed by atoms with Crippen LogP contribution in [0.2, 0.25) is 0 Å². The van der Waals surface area contributed by atoms with Crippen molar-refractivity contribution in [3.63, 3.8) is 0 Å². The number of benzene rings is 1. The minimum Gasteiger partial charge on any atom is -0.464 e. The molecular weight excluding hydrogens is 366 g/mol. The third-order valence-electron chi connectivity index (χ3n) is 4.50. The maximum absolute atomic E-state index is 13.6. The fourth-order valence-electron chi connectivity index (χ4n) is 3.10. The highest BCUT2D eigenvalue weighted by Gasteiger charge is 2.37. The van der Waals surface area contributed by atoms with E-state index in [4.69, 9.17) is 4.74 Å². The van der Waals surface area contributed by atoms with E-state index in [0.717, 1.165) is 31.7 Å². The maximum Gasteiger partial charge on any atom is 0.416 e. The number of esters is 1. The molecule has 1 unspecified atom stereocenters. The van der Waals surface area contributed by atoms with Gasteiger partial charge in [0.2, 0.25) is 0 Å². The van der Waals surface area contributed by atoms with E-state index in [2.05, 4.69) is 6.92 Å². The third-order valence-corrected chi connectivity index (χ3v) is 4.50. The minimum absolute atomic E-state index is 0.215. The zero-order valence-corrected chi connectivity index (χ0v) is 15.2. The number of unbranched alkanes of at least 4 members (excludes halogenated alkanes) is 3. The van der Waals surface area contributed by atoms with Crippen LogP contribution in [0.15, 0.2) is 18.2 Å². The van der Waals surface area contributed by atoms with Gasteiger partial charge in [-0.2, -0.15) is 13.2 Å². The molecule has 1 fully saturated rings. The molecule has 27 heavy (non-hydrogen) atoms. The van der Waals surface area contributed by atoms with Crippen LogP contribution in [-0.4, -0.2) is 36.0 Å². The summed E-state index contributed by atoms with van der Waals surface area (Å²) in [5.41, 5.74) is -1.66. The first kappa shape index (κ1) is 21.2. The summed E-state index contributed by atoms with van der Waals surface area (Å²) in [6.07, 6.45) is -0.124. The van der Waals surface area contributed by atoms with Gasteiger partial charge in [0.05, 0.1) is 12.2 Å². The van der Waals surface area contributed by atoms with Gasteiger partial charge >= 0.3 is 12.1 Å². The van der Waals surface area contributed by atoms with Gasteiger partial charge < -0.3 is 9.64 Å². The summed E-state index contributed by atoms with van der Waals surface area (Å²) >= 11 is 0. The molecule has 0 aliphatic carbocycles. The summed E-state index contributed by atoms with van der Waals surface area (Å²) in [6, 6.07) is 0.851. The zero-order valence-electron chi connectivity index (χ0n) is 15.2. The van der Waals surface area contributed by atoms with Gasteiger partial charge in [-0.1, -0.05) is 26.2 Å². The highest BCUT2D eigenvalue weighted by molar-refractivity contribution is 5.97. The predicted octanol–water partition coefficient (Wildman–Crippen LogP) is 4.57. The van der Waals surface area contributed by atoms with Crippen LogP contribution in [-0.2, 0) is 15.7 Å². The molecule has 4 nitrogen and oxygen atoms in total. The SMILES string of the molecule is CCCCCCOC(=O)C1CCCN1C(=O)c1cc(F)cc(C(F)(F)F)c1. The average molecular weight is 389 g/mol.